The molecule has 3 aliphatic rings. The Morgan fingerprint density at radius 3 is 2.91 bits per heavy atom. The largest absolute Gasteiger partial charge is 0.450 e. The van der Waals surface area contributed by atoms with Crippen molar-refractivity contribution in [3.05, 3.63) is 24.0 Å². The van der Waals surface area contributed by atoms with Crippen molar-refractivity contribution in [2.24, 2.45) is 5.92 Å². The van der Waals surface area contributed by atoms with Gasteiger partial charge in [-0.05, 0) is 44.8 Å². The van der Waals surface area contributed by atoms with E-state index in [0.717, 1.165) is 18.5 Å². The van der Waals surface area contributed by atoms with Gasteiger partial charge in [0, 0.05) is 29.7 Å². The summed E-state index contributed by atoms with van der Waals surface area (Å²) in [7, 11) is 0. The van der Waals surface area contributed by atoms with E-state index in [-0.39, 0.29) is 11.9 Å². The fourth-order valence-corrected chi connectivity index (χ4v) is 4.05. The number of rotatable bonds is 2. The van der Waals surface area contributed by atoms with Crippen LogP contribution in [0.15, 0.2) is 27.8 Å². The molecule has 2 aromatic heterocycles. The van der Waals surface area contributed by atoms with Gasteiger partial charge in [-0.2, -0.15) is 0 Å². The van der Waals surface area contributed by atoms with Crippen molar-refractivity contribution in [3.8, 4) is 0 Å². The van der Waals surface area contributed by atoms with Crippen LogP contribution < -0.4 is 5.32 Å². The molecule has 5 heterocycles. The van der Waals surface area contributed by atoms with E-state index < -0.39 is 0 Å². The SMILES string of the molecule is CC1C(NC(=O)c2cc3oc(S)cc3cn2)C2CCN1CC2. The number of amides is 1. The third-order valence-electron chi connectivity index (χ3n) is 5.10. The van der Waals surface area contributed by atoms with E-state index in [9.17, 15) is 4.79 Å². The zero-order valence-electron chi connectivity index (χ0n) is 12.5. The summed E-state index contributed by atoms with van der Waals surface area (Å²) in [6, 6.07) is 4.09. The van der Waals surface area contributed by atoms with E-state index in [0.29, 0.717) is 28.3 Å². The van der Waals surface area contributed by atoms with Gasteiger partial charge in [-0.15, -0.1) is 12.6 Å². The normalized spacial score (nSPS) is 30.6. The van der Waals surface area contributed by atoms with Crippen LogP contribution in [0.2, 0.25) is 0 Å². The molecule has 0 saturated carbocycles. The summed E-state index contributed by atoms with van der Waals surface area (Å²) < 4.78 is 5.46. The lowest BCUT2D eigenvalue weighted by molar-refractivity contribution is 0.0216. The van der Waals surface area contributed by atoms with Crippen LogP contribution in [0, 0.1) is 5.92 Å². The number of thiol groups is 1. The van der Waals surface area contributed by atoms with Gasteiger partial charge in [0.05, 0.1) is 0 Å². The number of furan rings is 1. The maximum atomic E-state index is 12.5. The second-order valence-electron chi connectivity index (χ2n) is 6.31. The van der Waals surface area contributed by atoms with Gasteiger partial charge in [-0.25, -0.2) is 0 Å². The van der Waals surface area contributed by atoms with Gasteiger partial charge in [0.1, 0.15) is 11.3 Å². The van der Waals surface area contributed by atoms with Crippen LogP contribution in [0.4, 0.5) is 0 Å². The molecule has 3 fully saturated rings. The van der Waals surface area contributed by atoms with Gasteiger partial charge in [0.25, 0.3) is 5.91 Å². The summed E-state index contributed by atoms with van der Waals surface area (Å²) in [5.41, 5.74) is 1.05. The molecule has 2 unspecified atom stereocenters. The Hall–Kier alpha value is -1.53. The van der Waals surface area contributed by atoms with E-state index in [1.54, 1.807) is 18.3 Å². The Labute approximate surface area is 134 Å². The topological polar surface area (TPSA) is 58.4 Å². The van der Waals surface area contributed by atoms with E-state index in [2.05, 4.69) is 34.8 Å². The molecule has 0 spiro atoms. The molecule has 2 atom stereocenters. The summed E-state index contributed by atoms with van der Waals surface area (Å²) >= 11 is 4.18. The molecule has 0 aromatic carbocycles. The molecule has 1 amide bonds. The monoisotopic (exact) mass is 317 g/mol. The van der Waals surface area contributed by atoms with Crippen LogP contribution in [0.5, 0.6) is 0 Å². The Bertz CT molecular complexity index is 719. The second-order valence-corrected chi connectivity index (χ2v) is 6.75. The number of piperidine rings is 3. The maximum absolute atomic E-state index is 12.5. The van der Waals surface area contributed by atoms with Crippen molar-refractivity contribution in [1.82, 2.24) is 15.2 Å². The Morgan fingerprint density at radius 2 is 2.18 bits per heavy atom. The highest BCUT2D eigenvalue weighted by atomic mass is 32.1. The summed E-state index contributed by atoms with van der Waals surface area (Å²) in [6.07, 6.45) is 4.00. The summed E-state index contributed by atoms with van der Waals surface area (Å²) in [6.45, 7) is 4.51. The summed E-state index contributed by atoms with van der Waals surface area (Å²) in [5, 5.41) is 4.57. The van der Waals surface area contributed by atoms with Crippen LogP contribution in [-0.4, -0.2) is 41.0 Å². The summed E-state index contributed by atoms with van der Waals surface area (Å²) in [4.78, 5) is 19.2. The number of carbonyl (C=O) groups is 1. The van der Waals surface area contributed by atoms with Gasteiger partial charge in [0.15, 0.2) is 5.09 Å². The first-order chi connectivity index (χ1) is 10.6. The quantitative estimate of drug-likeness (QED) is 0.835. The second kappa shape index (κ2) is 5.28. The molecule has 5 rings (SSSR count). The van der Waals surface area contributed by atoms with E-state index in [1.165, 1.54) is 12.8 Å². The Morgan fingerprint density at radius 1 is 1.41 bits per heavy atom. The maximum Gasteiger partial charge on any atom is 0.270 e. The average Bonchev–Trinajstić information content (AvgIpc) is 2.90. The first-order valence-electron chi connectivity index (χ1n) is 7.75. The number of pyridine rings is 1. The van der Waals surface area contributed by atoms with Gasteiger partial charge >= 0.3 is 0 Å². The average molecular weight is 317 g/mol. The highest BCUT2D eigenvalue weighted by Crippen LogP contribution is 2.32. The van der Waals surface area contributed by atoms with Gasteiger partial charge in [-0.3, -0.25) is 14.7 Å². The van der Waals surface area contributed by atoms with Crippen LogP contribution >= 0.6 is 12.6 Å². The zero-order chi connectivity index (χ0) is 15.3. The molecule has 2 bridgehead atoms. The molecule has 1 N–H and O–H groups in total. The first kappa shape index (κ1) is 14.1. The third-order valence-corrected chi connectivity index (χ3v) is 5.32. The lowest BCUT2D eigenvalue weighted by atomic mass is 9.79. The number of hydrogen-bond donors (Lipinski definition) is 2. The van der Waals surface area contributed by atoms with Gasteiger partial charge in [-0.1, -0.05) is 0 Å². The minimum Gasteiger partial charge on any atom is -0.450 e. The zero-order valence-corrected chi connectivity index (χ0v) is 13.3. The standard InChI is InChI=1S/C16H19N3O2S/c1-9-15(10-2-4-19(9)5-3-10)18-16(20)12-7-13-11(8-17-12)6-14(22)21-13/h6-10,15,22H,2-5H2,1H3,(H,18,20). The number of nitrogens with zero attached hydrogens (tertiary/aromatic N) is 2. The fraction of sp³-hybridized carbons (Fsp3) is 0.500. The van der Waals surface area contributed by atoms with Crippen molar-refractivity contribution in [2.75, 3.05) is 13.1 Å². The molecule has 0 aliphatic carbocycles. The molecule has 5 nitrogen and oxygen atoms in total. The van der Waals surface area contributed by atoms with Crippen molar-refractivity contribution in [3.63, 3.8) is 0 Å². The van der Waals surface area contributed by atoms with Crippen LogP contribution in [-0.2, 0) is 0 Å². The number of carbonyl (C=O) groups excluding carboxylic acids is 1. The lowest BCUT2D eigenvalue weighted by Crippen LogP contribution is -2.62. The molecule has 22 heavy (non-hydrogen) atoms. The molecular formula is C16H19N3O2S. The highest BCUT2D eigenvalue weighted by Gasteiger charge is 2.40. The minimum atomic E-state index is -0.121. The minimum absolute atomic E-state index is 0.121. The van der Waals surface area contributed by atoms with E-state index in [1.807, 2.05) is 0 Å². The highest BCUT2D eigenvalue weighted by molar-refractivity contribution is 7.80. The van der Waals surface area contributed by atoms with Gasteiger partial charge in [0.2, 0.25) is 0 Å². The number of hydrogen-bond acceptors (Lipinski definition) is 5. The number of fused-ring (bicyclic) bond motifs is 4. The molecule has 116 valence electrons. The molecule has 2 aromatic rings. The Balaban J connectivity index is 1.55. The lowest BCUT2D eigenvalue weighted by Gasteiger charge is -2.49. The van der Waals surface area contributed by atoms with E-state index >= 15 is 0 Å². The van der Waals surface area contributed by atoms with Crippen molar-refractivity contribution in [1.29, 1.82) is 0 Å². The summed E-state index contributed by atoms with van der Waals surface area (Å²) in [5.74, 6) is 0.463. The predicted octanol–water partition coefficient (Wildman–Crippen LogP) is 2.33. The van der Waals surface area contributed by atoms with Gasteiger partial charge < -0.3 is 9.73 Å². The van der Waals surface area contributed by atoms with Crippen LogP contribution in [0.3, 0.4) is 0 Å². The molecular weight excluding hydrogens is 298 g/mol. The van der Waals surface area contributed by atoms with Crippen LogP contribution in [0.1, 0.15) is 30.3 Å². The molecule has 6 heteroatoms. The predicted molar refractivity (Wildman–Crippen MR) is 86.3 cm³/mol. The molecule has 3 saturated heterocycles. The molecule has 3 aliphatic heterocycles. The van der Waals surface area contributed by atoms with Crippen molar-refractivity contribution >= 4 is 29.5 Å². The third kappa shape index (κ3) is 2.30. The smallest absolute Gasteiger partial charge is 0.270 e. The number of nitrogens with one attached hydrogen (secondary N) is 1. The van der Waals surface area contributed by atoms with E-state index in [4.69, 9.17) is 4.42 Å². The van der Waals surface area contributed by atoms with Crippen molar-refractivity contribution < 1.29 is 9.21 Å². The first-order valence-corrected chi connectivity index (χ1v) is 8.20. The van der Waals surface area contributed by atoms with Crippen molar-refractivity contribution in [2.45, 2.75) is 36.9 Å². The number of aromatic nitrogens is 1. The molecule has 0 radical (unpaired) electrons. The van der Waals surface area contributed by atoms with Crippen LogP contribution in [0.25, 0.3) is 11.0 Å². The fourth-order valence-electron chi connectivity index (χ4n) is 3.81. The Kier molecular flexibility index (Phi) is 3.38.